The van der Waals surface area contributed by atoms with Gasteiger partial charge in [-0.2, -0.15) is 0 Å². The lowest BCUT2D eigenvalue weighted by Gasteiger charge is -2.29. The average molecular weight is 322 g/mol. The molecular formula is C20H22N2O2. The van der Waals surface area contributed by atoms with E-state index in [1.165, 1.54) is 0 Å². The van der Waals surface area contributed by atoms with Gasteiger partial charge < -0.3 is 10.6 Å². The number of hydrogen-bond acceptors (Lipinski definition) is 2. The van der Waals surface area contributed by atoms with Crippen LogP contribution in [0.2, 0.25) is 0 Å². The van der Waals surface area contributed by atoms with Crippen LogP contribution in [0.4, 0.5) is 11.4 Å². The van der Waals surface area contributed by atoms with Crippen molar-refractivity contribution in [2.75, 3.05) is 10.6 Å². The minimum Gasteiger partial charge on any atom is -0.326 e. The largest absolute Gasteiger partial charge is 0.326 e. The highest BCUT2D eigenvalue weighted by atomic mass is 16.2. The summed E-state index contributed by atoms with van der Waals surface area (Å²) in [5, 5.41) is 5.88. The van der Waals surface area contributed by atoms with Crippen LogP contribution in [0.1, 0.15) is 25.7 Å². The molecule has 2 atom stereocenters. The lowest BCUT2D eigenvalue weighted by atomic mass is 9.78. The maximum Gasteiger partial charge on any atom is 0.228 e. The molecule has 1 saturated carbocycles. The van der Waals surface area contributed by atoms with Crippen molar-refractivity contribution in [3.05, 3.63) is 60.7 Å². The van der Waals surface area contributed by atoms with Crippen molar-refractivity contribution >= 4 is 23.2 Å². The monoisotopic (exact) mass is 322 g/mol. The standard InChI is InChI=1S/C20H22N2O2/c23-19(21-15-9-3-1-4-10-15)17-13-7-8-14-18(17)20(24)22-16-11-5-2-6-12-16/h1-6,9-12,17-18H,7-8,13-14H2,(H,21,23)(H,22,24)/t17-,18+. The zero-order valence-corrected chi connectivity index (χ0v) is 13.6. The predicted octanol–water partition coefficient (Wildman–Crippen LogP) is 4.07. The van der Waals surface area contributed by atoms with E-state index < -0.39 is 0 Å². The molecule has 4 heteroatoms. The number of hydrogen-bond donors (Lipinski definition) is 2. The molecular weight excluding hydrogens is 300 g/mol. The summed E-state index contributed by atoms with van der Waals surface area (Å²) in [5.41, 5.74) is 1.55. The van der Waals surface area contributed by atoms with Gasteiger partial charge >= 0.3 is 0 Å². The Morgan fingerprint density at radius 2 is 1.04 bits per heavy atom. The van der Waals surface area contributed by atoms with Gasteiger partial charge in [0, 0.05) is 23.2 Å². The molecule has 0 aromatic heterocycles. The second-order valence-corrected chi connectivity index (χ2v) is 6.21. The molecule has 2 amide bonds. The molecule has 0 unspecified atom stereocenters. The van der Waals surface area contributed by atoms with E-state index in [2.05, 4.69) is 10.6 Å². The maximum atomic E-state index is 12.6. The Morgan fingerprint density at radius 1 is 0.667 bits per heavy atom. The Hall–Kier alpha value is -2.62. The first-order chi connectivity index (χ1) is 11.7. The van der Waals surface area contributed by atoms with Crippen LogP contribution in [0.3, 0.4) is 0 Å². The average Bonchev–Trinajstić information content (AvgIpc) is 2.63. The number of para-hydroxylation sites is 2. The summed E-state index contributed by atoms with van der Waals surface area (Å²) in [6, 6.07) is 18.8. The van der Waals surface area contributed by atoms with Crippen LogP contribution >= 0.6 is 0 Å². The van der Waals surface area contributed by atoms with Gasteiger partial charge in [0.25, 0.3) is 0 Å². The SMILES string of the molecule is O=C(Nc1ccccc1)[C@H]1CCCC[C@H]1C(=O)Nc1ccccc1. The van der Waals surface area contributed by atoms with Crippen molar-refractivity contribution in [1.82, 2.24) is 0 Å². The summed E-state index contributed by atoms with van der Waals surface area (Å²) >= 11 is 0. The van der Waals surface area contributed by atoms with E-state index >= 15 is 0 Å². The van der Waals surface area contributed by atoms with Gasteiger partial charge in [-0.15, -0.1) is 0 Å². The van der Waals surface area contributed by atoms with Crippen LogP contribution in [-0.2, 0) is 9.59 Å². The second-order valence-electron chi connectivity index (χ2n) is 6.21. The lowest BCUT2D eigenvalue weighted by molar-refractivity contribution is -0.130. The molecule has 3 rings (SSSR count). The van der Waals surface area contributed by atoms with Gasteiger partial charge in [0.15, 0.2) is 0 Å². The molecule has 2 aromatic carbocycles. The van der Waals surface area contributed by atoms with Gasteiger partial charge in [0.1, 0.15) is 0 Å². The Morgan fingerprint density at radius 3 is 1.42 bits per heavy atom. The molecule has 0 heterocycles. The molecule has 0 aliphatic heterocycles. The summed E-state index contributed by atoms with van der Waals surface area (Å²) < 4.78 is 0. The van der Waals surface area contributed by atoms with Gasteiger partial charge in [-0.05, 0) is 37.1 Å². The minimum absolute atomic E-state index is 0.0610. The van der Waals surface area contributed by atoms with Crippen LogP contribution in [0.25, 0.3) is 0 Å². The number of nitrogens with one attached hydrogen (secondary N) is 2. The smallest absolute Gasteiger partial charge is 0.228 e. The number of anilines is 2. The van der Waals surface area contributed by atoms with E-state index in [0.717, 1.165) is 37.1 Å². The van der Waals surface area contributed by atoms with Gasteiger partial charge in [-0.25, -0.2) is 0 Å². The van der Waals surface area contributed by atoms with Gasteiger partial charge in [0.05, 0.1) is 0 Å². The van der Waals surface area contributed by atoms with Crippen molar-refractivity contribution in [1.29, 1.82) is 0 Å². The number of amides is 2. The van der Waals surface area contributed by atoms with E-state index in [1.807, 2.05) is 60.7 Å². The number of carbonyl (C=O) groups is 2. The molecule has 124 valence electrons. The van der Waals surface area contributed by atoms with E-state index in [4.69, 9.17) is 0 Å². The van der Waals surface area contributed by atoms with Crippen LogP contribution in [0, 0.1) is 11.8 Å². The summed E-state index contributed by atoms with van der Waals surface area (Å²) in [5.74, 6) is -0.673. The summed E-state index contributed by atoms with van der Waals surface area (Å²) in [6.07, 6.45) is 3.49. The van der Waals surface area contributed by atoms with E-state index in [9.17, 15) is 9.59 Å². The Bertz CT molecular complexity index is 624. The highest BCUT2D eigenvalue weighted by Gasteiger charge is 2.35. The van der Waals surface area contributed by atoms with Crippen LogP contribution in [0.5, 0.6) is 0 Å². The third kappa shape index (κ3) is 4.02. The van der Waals surface area contributed by atoms with Crippen molar-refractivity contribution in [3.63, 3.8) is 0 Å². The van der Waals surface area contributed by atoms with Gasteiger partial charge in [-0.3, -0.25) is 9.59 Å². The third-order valence-corrected chi connectivity index (χ3v) is 4.52. The van der Waals surface area contributed by atoms with Crippen molar-refractivity contribution < 1.29 is 9.59 Å². The summed E-state index contributed by atoms with van der Waals surface area (Å²) in [6.45, 7) is 0. The van der Waals surface area contributed by atoms with Crippen LogP contribution in [0.15, 0.2) is 60.7 Å². The Kier molecular flexibility index (Phi) is 5.26. The van der Waals surface area contributed by atoms with E-state index in [-0.39, 0.29) is 23.7 Å². The highest BCUT2D eigenvalue weighted by Crippen LogP contribution is 2.32. The maximum absolute atomic E-state index is 12.6. The molecule has 1 aliphatic carbocycles. The quantitative estimate of drug-likeness (QED) is 0.891. The molecule has 1 aliphatic rings. The molecule has 2 N–H and O–H groups in total. The van der Waals surface area contributed by atoms with Crippen LogP contribution in [-0.4, -0.2) is 11.8 Å². The Balaban J connectivity index is 1.68. The number of rotatable bonds is 4. The fourth-order valence-corrected chi connectivity index (χ4v) is 3.27. The van der Waals surface area contributed by atoms with Crippen molar-refractivity contribution in [2.45, 2.75) is 25.7 Å². The number of benzene rings is 2. The molecule has 0 bridgehead atoms. The summed E-state index contributed by atoms with van der Waals surface area (Å²) in [4.78, 5) is 25.3. The third-order valence-electron chi connectivity index (χ3n) is 4.52. The molecule has 4 nitrogen and oxygen atoms in total. The normalized spacial score (nSPS) is 20.2. The number of carbonyl (C=O) groups excluding carboxylic acids is 2. The first kappa shape index (κ1) is 16.2. The molecule has 0 saturated heterocycles. The fourth-order valence-electron chi connectivity index (χ4n) is 3.27. The molecule has 0 radical (unpaired) electrons. The van der Waals surface area contributed by atoms with Gasteiger partial charge in [0.2, 0.25) is 11.8 Å². The Labute approximate surface area is 142 Å². The topological polar surface area (TPSA) is 58.2 Å². The van der Waals surface area contributed by atoms with Crippen LogP contribution < -0.4 is 10.6 Å². The predicted molar refractivity (Wildman–Crippen MR) is 95.6 cm³/mol. The lowest BCUT2D eigenvalue weighted by Crippen LogP contribution is -2.38. The molecule has 2 aromatic rings. The van der Waals surface area contributed by atoms with Crippen molar-refractivity contribution in [3.8, 4) is 0 Å². The van der Waals surface area contributed by atoms with Crippen molar-refractivity contribution in [2.24, 2.45) is 11.8 Å². The second kappa shape index (κ2) is 7.77. The zero-order valence-electron chi connectivity index (χ0n) is 13.6. The highest BCUT2D eigenvalue weighted by molar-refractivity contribution is 5.99. The molecule has 1 fully saturated rings. The molecule has 24 heavy (non-hydrogen) atoms. The fraction of sp³-hybridized carbons (Fsp3) is 0.300. The summed E-state index contributed by atoms with van der Waals surface area (Å²) in [7, 11) is 0. The first-order valence-electron chi connectivity index (χ1n) is 8.46. The van der Waals surface area contributed by atoms with Gasteiger partial charge in [-0.1, -0.05) is 49.2 Å². The van der Waals surface area contributed by atoms with E-state index in [0.29, 0.717) is 0 Å². The minimum atomic E-state index is -0.275. The van der Waals surface area contributed by atoms with E-state index in [1.54, 1.807) is 0 Å². The zero-order chi connectivity index (χ0) is 16.8. The molecule has 0 spiro atoms. The first-order valence-corrected chi connectivity index (χ1v) is 8.46.